The lowest BCUT2D eigenvalue weighted by Crippen LogP contribution is -2.33. The third-order valence-electron chi connectivity index (χ3n) is 2.81. The van der Waals surface area contributed by atoms with Gasteiger partial charge in [0.25, 0.3) is 0 Å². The van der Waals surface area contributed by atoms with Crippen LogP contribution in [0.15, 0.2) is 12.4 Å². The number of hydrogen-bond donors (Lipinski definition) is 2. The summed E-state index contributed by atoms with van der Waals surface area (Å²) in [5.74, 6) is 0.0369. The van der Waals surface area contributed by atoms with Crippen LogP contribution in [0.2, 0.25) is 0 Å². The third kappa shape index (κ3) is 3.52. The van der Waals surface area contributed by atoms with Crippen LogP contribution in [0.1, 0.15) is 31.4 Å². The van der Waals surface area contributed by atoms with Gasteiger partial charge in [0.2, 0.25) is 10.0 Å². The minimum Gasteiger partial charge on any atom is -0.377 e. The number of aromatic nitrogens is 2. The number of ether oxygens (including phenoxy) is 1. The fraction of sp³-hybridized carbons (Fsp3) is 0.700. The minimum atomic E-state index is -3.31. The second-order valence-corrected chi connectivity index (χ2v) is 6.09. The molecule has 1 saturated heterocycles. The number of rotatable bonds is 5. The summed E-state index contributed by atoms with van der Waals surface area (Å²) in [5.41, 5.74) is 0.820. The Kier molecular flexibility index (Phi) is 3.80. The van der Waals surface area contributed by atoms with Crippen molar-refractivity contribution < 1.29 is 13.2 Å². The molecule has 17 heavy (non-hydrogen) atoms. The van der Waals surface area contributed by atoms with Crippen LogP contribution in [0, 0.1) is 0 Å². The maximum Gasteiger partial charge on any atom is 0.214 e. The van der Waals surface area contributed by atoms with Crippen molar-refractivity contribution >= 4 is 10.0 Å². The van der Waals surface area contributed by atoms with Gasteiger partial charge in [-0.05, 0) is 19.8 Å². The summed E-state index contributed by atoms with van der Waals surface area (Å²) in [4.78, 5) is 0. The van der Waals surface area contributed by atoms with Crippen molar-refractivity contribution in [2.45, 2.75) is 31.9 Å². The first kappa shape index (κ1) is 12.5. The molecular formula is C10H17N3O3S. The SMILES string of the molecule is CC(NS(=O)(=O)CC1CCCO1)c1cn[nH]c1. The molecule has 0 amide bonds. The molecular weight excluding hydrogens is 242 g/mol. The molecule has 0 radical (unpaired) electrons. The second kappa shape index (κ2) is 5.16. The van der Waals surface area contributed by atoms with Crippen LogP contribution in [0.3, 0.4) is 0 Å². The molecule has 0 aromatic carbocycles. The van der Waals surface area contributed by atoms with Gasteiger partial charge >= 0.3 is 0 Å². The number of nitrogens with zero attached hydrogens (tertiary/aromatic N) is 1. The Hall–Kier alpha value is -0.920. The van der Waals surface area contributed by atoms with E-state index in [-0.39, 0.29) is 17.9 Å². The zero-order chi connectivity index (χ0) is 12.3. The van der Waals surface area contributed by atoms with Crippen molar-refractivity contribution in [2.24, 2.45) is 0 Å². The Labute approximate surface area is 101 Å². The molecule has 2 heterocycles. The topological polar surface area (TPSA) is 84.1 Å². The van der Waals surface area contributed by atoms with Crippen molar-refractivity contribution in [3.8, 4) is 0 Å². The number of nitrogens with one attached hydrogen (secondary N) is 2. The van der Waals surface area contributed by atoms with Crippen LogP contribution in [-0.2, 0) is 14.8 Å². The van der Waals surface area contributed by atoms with Crippen LogP contribution < -0.4 is 4.72 Å². The fourth-order valence-corrected chi connectivity index (χ4v) is 3.43. The number of sulfonamides is 1. The average molecular weight is 259 g/mol. The molecule has 2 atom stereocenters. The third-order valence-corrected chi connectivity index (χ3v) is 4.33. The van der Waals surface area contributed by atoms with Gasteiger partial charge in [0.15, 0.2) is 0 Å². The predicted octanol–water partition coefficient (Wildman–Crippen LogP) is 0.569. The van der Waals surface area contributed by atoms with Gasteiger partial charge in [-0.3, -0.25) is 5.10 Å². The molecule has 0 spiro atoms. The van der Waals surface area contributed by atoms with E-state index in [1.165, 1.54) is 0 Å². The molecule has 1 aromatic rings. The Bertz CT molecular complexity index is 437. The normalized spacial score (nSPS) is 22.8. The summed E-state index contributed by atoms with van der Waals surface area (Å²) >= 11 is 0. The zero-order valence-corrected chi connectivity index (χ0v) is 10.5. The molecule has 96 valence electrons. The largest absolute Gasteiger partial charge is 0.377 e. The van der Waals surface area contributed by atoms with E-state index in [2.05, 4.69) is 14.9 Å². The molecule has 1 aliphatic rings. The van der Waals surface area contributed by atoms with Crippen molar-refractivity contribution in [2.75, 3.05) is 12.4 Å². The second-order valence-electron chi connectivity index (χ2n) is 4.29. The van der Waals surface area contributed by atoms with E-state index in [9.17, 15) is 8.42 Å². The van der Waals surface area contributed by atoms with Gasteiger partial charge in [-0.2, -0.15) is 5.10 Å². The van der Waals surface area contributed by atoms with Crippen LogP contribution >= 0.6 is 0 Å². The summed E-state index contributed by atoms with van der Waals surface area (Å²) < 4.78 is 31.7. The average Bonchev–Trinajstić information content (AvgIpc) is 2.85. The van der Waals surface area contributed by atoms with Crippen molar-refractivity contribution in [1.82, 2.24) is 14.9 Å². The molecule has 6 nitrogen and oxygen atoms in total. The molecule has 0 saturated carbocycles. The molecule has 1 aliphatic heterocycles. The predicted molar refractivity (Wildman–Crippen MR) is 62.9 cm³/mol. The number of H-pyrrole nitrogens is 1. The monoisotopic (exact) mass is 259 g/mol. The fourth-order valence-electron chi connectivity index (χ4n) is 1.90. The van der Waals surface area contributed by atoms with E-state index in [0.717, 1.165) is 18.4 Å². The zero-order valence-electron chi connectivity index (χ0n) is 9.72. The molecule has 2 N–H and O–H groups in total. The van der Waals surface area contributed by atoms with Gasteiger partial charge < -0.3 is 4.74 Å². The summed E-state index contributed by atoms with van der Waals surface area (Å²) in [6, 6.07) is -0.278. The van der Waals surface area contributed by atoms with Crippen LogP contribution in [0.25, 0.3) is 0 Å². The highest BCUT2D eigenvalue weighted by molar-refractivity contribution is 7.89. The molecule has 0 bridgehead atoms. The first-order valence-electron chi connectivity index (χ1n) is 5.67. The molecule has 2 rings (SSSR count). The van der Waals surface area contributed by atoms with E-state index in [4.69, 9.17) is 4.74 Å². The van der Waals surface area contributed by atoms with Crippen molar-refractivity contribution in [1.29, 1.82) is 0 Å². The lowest BCUT2D eigenvalue weighted by molar-refractivity contribution is 0.127. The smallest absolute Gasteiger partial charge is 0.214 e. The van der Waals surface area contributed by atoms with Gasteiger partial charge in [-0.15, -0.1) is 0 Å². The van der Waals surface area contributed by atoms with Gasteiger partial charge in [0.1, 0.15) is 0 Å². The number of aromatic amines is 1. The maximum atomic E-state index is 11.9. The van der Waals surface area contributed by atoms with Crippen LogP contribution in [0.4, 0.5) is 0 Å². The van der Waals surface area contributed by atoms with Gasteiger partial charge in [-0.1, -0.05) is 0 Å². The maximum absolute atomic E-state index is 11.9. The minimum absolute atomic E-state index is 0.0369. The van der Waals surface area contributed by atoms with Crippen LogP contribution in [-0.4, -0.2) is 37.1 Å². The van der Waals surface area contributed by atoms with Gasteiger partial charge in [0.05, 0.1) is 18.1 Å². The lowest BCUT2D eigenvalue weighted by atomic mass is 10.2. The summed E-state index contributed by atoms with van der Waals surface area (Å²) in [6.45, 7) is 2.45. The van der Waals surface area contributed by atoms with Gasteiger partial charge in [0, 0.05) is 24.4 Å². The lowest BCUT2D eigenvalue weighted by Gasteiger charge is -2.15. The molecule has 1 fully saturated rings. The first-order chi connectivity index (χ1) is 8.07. The highest BCUT2D eigenvalue weighted by Crippen LogP contribution is 2.16. The molecule has 7 heteroatoms. The highest BCUT2D eigenvalue weighted by atomic mass is 32.2. The summed E-state index contributed by atoms with van der Waals surface area (Å²) in [7, 11) is -3.31. The summed E-state index contributed by atoms with van der Waals surface area (Å²) in [5, 5.41) is 6.45. The standard InChI is InChI=1S/C10H17N3O3S/c1-8(9-5-11-12-6-9)13-17(14,15)7-10-3-2-4-16-10/h5-6,8,10,13H,2-4,7H2,1H3,(H,11,12). The number of hydrogen-bond acceptors (Lipinski definition) is 4. The van der Waals surface area contributed by atoms with E-state index in [1.807, 2.05) is 0 Å². The van der Waals surface area contributed by atoms with Crippen LogP contribution in [0.5, 0.6) is 0 Å². The van der Waals surface area contributed by atoms with E-state index >= 15 is 0 Å². The Morgan fingerprint density at radius 3 is 3.12 bits per heavy atom. The Morgan fingerprint density at radius 2 is 2.53 bits per heavy atom. The first-order valence-corrected chi connectivity index (χ1v) is 7.32. The van der Waals surface area contributed by atoms with E-state index in [1.54, 1.807) is 19.3 Å². The van der Waals surface area contributed by atoms with Crippen molar-refractivity contribution in [3.05, 3.63) is 18.0 Å². The molecule has 1 aromatic heterocycles. The van der Waals surface area contributed by atoms with E-state index < -0.39 is 10.0 Å². The van der Waals surface area contributed by atoms with Crippen molar-refractivity contribution in [3.63, 3.8) is 0 Å². The van der Waals surface area contributed by atoms with Gasteiger partial charge in [-0.25, -0.2) is 13.1 Å². The highest BCUT2D eigenvalue weighted by Gasteiger charge is 2.24. The summed E-state index contributed by atoms with van der Waals surface area (Å²) in [6.07, 6.45) is 4.89. The molecule has 0 aliphatic carbocycles. The van der Waals surface area contributed by atoms with E-state index in [0.29, 0.717) is 6.61 Å². The molecule has 2 unspecified atom stereocenters. The Morgan fingerprint density at radius 1 is 1.71 bits per heavy atom. The quantitative estimate of drug-likeness (QED) is 0.809. The Balaban J connectivity index is 1.92.